The summed E-state index contributed by atoms with van der Waals surface area (Å²) in [6, 6.07) is 3.78. The van der Waals surface area contributed by atoms with E-state index >= 15 is 0 Å². The van der Waals surface area contributed by atoms with Crippen molar-refractivity contribution in [2.75, 3.05) is 34.0 Å². The second-order valence-corrected chi connectivity index (χ2v) is 6.16. The Kier molecular flexibility index (Phi) is 5.48. The molecular formula is C15H22BrNO4. The number of rotatable bonds is 5. The minimum atomic E-state index is -1.03. The first-order valence-corrected chi connectivity index (χ1v) is 7.73. The van der Waals surface area contributed by atoms with Gasteiger partial charge >= 0.3 is 0 Å². The fraction of sp³-hybridized carbons (Fsp3) is 0.600. The second kappa shape index (κ2) is 6.96. The van der Waals surface area contributed by atoms with Crippen molar-refractivity contribution in [3.05, 3.63) is 22.2 Å². The van der Waals surface area contributed by atoms with E-state index in [2.05, 4.69) is 21.2 Å². The summed E-state index contributed by atoms with van der Waals surface area (Å²) in [6.07, 6.45) is 0.544. The summed E-state index contributed by atoms with van der Waals surface area (Å²) < 4.78 is 16.9. The van der Waals surface area contributed by atoms with Crippen LogP contribution < -0.4 is 14.8 Å². The summed E-state index contributed by atoms with van der Waals surface area (Å²) in [7, 11) is 3.18. The van der Waals surface area contributed by atoms with Crippen LogP contribution in [0.5, 0.6) is 11.5 Å². The highest BCUT2D eigenvalue weighted by Gasteiger charge is 2.32. The van der Waals surface area contributed by atoms with Gasteiger partial charge in [-0.1, -0.05) is 0 Å². The Hall–Kier alpha value is -0.820. The average Bonchev–Trinajstić information content (AvgIpc) is 2.47. The van der Waals surface area contributed by atoms with Gasteiger partial charge in [0.05, 0.1) is 33.0 Å². The smallest absolute Gasteiger partial charge is 0.142 e. The van der Waals surface area contributed by atoms with Crippen molar-refractivity contribution in [2.24, 2.45) is 0 Å². The Morgan fingerprint density at radius 3 is 2.76 bits per heavy atom. The maximum absolute atomic E-state index is 10.9. The number of benzene rings is 1. The topological polar surface area (TPSA) is 60.0 Å². The first-order chi connectivity index (χ1) is 9.99. The Morgan fingerprint density at radius 2 is 2.19 bits per heavy atom. The molecule has 118 valence electrons. The zero-order valence-corrected chi connectivity index (χ0v) is 14.2. The number of ether oxygens (including phenoxy) is 3. The van der Waals surface area contributed by atoms with E-state index in [0.717, 1.165) is 18.7 Å². The van der Waals surface area contributed by atoms with E-state index < -0.39 is 5.60 Å². The van der Waals surface area contributed by atoms with Gasteiger partial charge in [0.1, 0.15) is 16.0 Å². The molecule has 0 saturated carbocycles. The number of nitrogens with one attached hydrogen (secondary N) is 1. The highest BCUT2D eigenvalue weighted by molar-refractivity contribution is 9.10. The van der Waals surface area contributed by atoms with Crippen LogP contribution in [0.15, 0.2) is 16.6 Å². The molecule has 2 unspecified atom stereocenters. The molecule has 0 radical (unpaired) electrons. The Balaban J connectivity index is 2.27. The summed E-state index contributed by atoms with van der Waals surface area (Å²) in [4.78, 5) is 0. The molecular weight excluding hydrogens is 338 g/mol. The van der Waals surface area contributed by atoms with Crippen LogP contribution in [0.4, 0.5) is 0 Å². The van der Waals surface area contributed by atoms with E-state index in [-0.39, 0.29) is 6.04 Å². The number of methoxy groups -OCH3 is 2. The lowest BCUT2D eigenvalue weighted by atomic mass is 9.88. The fourth-order valence-corrected chi connectivity index (χ4v) is 3.33. The second-order valence-electron chi connectivity index (χ2n) is 5.37. The predicted molar refractivity (Wildman–Crippen MR) is 84.0 cm³/mol. The first kappa shape index (κ1) is 16.5. The van der Waals surface area contributed by atoms with Crippen LogP contribution in [0, 0.1) is 0 Å². The SMILES string of the molecule is COc1ccc(C(C)(O)CC2COCCN2)c(OC)c1Br. The lowest BCUT2D eigenvalue weighted by molar-refractivity contribution is 0.00181. The maximum Gasteiger partial charge on any atom is 0.142 e. The predicted octanol–water partition coefficient (Wildman–Crippen LogP) is 2.05. The van der Waals surface area contributed by atoms with E-state index in [4.69, 9.17) is 14.2 Å². The van der Waals surface area contributed by atoms with Gasteiger partial charge in [-0.25, -0.2) is 0 Å². The van der Waals surface area contributed by atoms with Crippen molar-refractivity contribution in [3.8, 4) is 11.5 Å². The van der Waals surface area contributed by atoms with Gasteiger partial charge in [0.2, 0.25) is 0 Å². The van der Waals surface area contributed by atoms with Crippen LogP contribution in [0.25, 0.3) is 0 Å². The van der Waals surface area contributed by atoms with Crippen LogP contribution in [0.2, 0.25) is 0 Å². The highest BCUT2D eigenvalue weighted by Crippen LogP contribution is 2.42. The molecule has 1 aromatic rings. The minimum Gasteiger partial charge on any atom is -0.495 e. The van der Waals surface area contributed by atoms with Gasteiger partial charge in [-0.2, -0.15) is 0 Å². The summed E-state index contributed by atoms with van der Waals surface area (Å²) in [6.45, 7) is 3.93. The molecule has 21 heavy (non-hydrogen) atoms. The zero-order chi connectivity index (χ0) is 15.5. The Bertz CT molecular complexity index is 487. The fourth-order valence-electron chi connectivity index (χ4n) is 2.66. The van der Waals surface area contributed by atoms with Crippen molar-refractivity contribution in [3.63, 3.8) is 0 Å². The minimum absolute atomic E-state index is 0.124. The molecule has 5 nitrogen and oxygen atoms in total. The average molecular weight is 360 g/mol. The van der Waals surface area contributed by atoms with Crippen molar-refractivity contribution in [2.45, 2.75) is 25.0 Å². The molecule has 2 N–H and O–H groups in total. The number of halogens is 1. The molecule has 2 rings (SSSR count). The lowest BCUT2D eigenvalue weighted by Crippen LogP contribution is -2.45. The van der Waals surface area contributed by atoms with Gasteiger partial charge in [-0.3, -0.25) is 0 Å². The van der Waals surface area contributed by atoms with E-state index in [9.17, 15) is 5.11 Å². The van der Waals surface area contributed by atoms with Gasteiger partial charge < -0.3 is 24.6 Å². The van der Waals surface area contributed by atoms with E-state index in [1.54, 1.807) is 21.1 Å². The number of aliphatic hydroxyl groups is 1. The van der Waals surface area contributed by atoms with Crippen molar-refractivity contribution in [1.29, 1.82) is 0 Å². The van der Waals surface area contributed by atoms with Gasteiger partial charge in [0.15, 0.2) is 0 Å². The van der Waals surface area contributed by atoms with Gasteiger partial charge in [0.25, 0.3) is 0 Å². The van der Waals surface area contributed by atoms with E-state index in [1.807, 2.05) is 12.1 Å². The van der Waals surface area contributed by atoms with Crippen LogP contribution in [-0.4, -0.2) is 45.1 Å². The molecule has 2 atom stereocenters. The van der Waals surface area contributed by atoms with Gasteiger partial charge in [0, 0.05) is 18.2 Å². The molecule has 1 saturated heterocycles. The Labute approximate surface area is 133 Å². The quantitative estimate of drug-likeness (QED) is 0.842. The third kappa shape index (κ3) is 3.69. The largest absolute Gasteiger partial charge is 0.495 e. The summed E-state index contributed by atoms with van der Waals surface area (Å²) in [5.41, 5.74) is -0.302. The van der Waals surface area contributed by atoms with Crippen molar-refractivity contribution >= 4 is 15.9 Å². The monoisotopic (exact) mass is 359 g/mol. The summed E-state index contributed by atoms with van der Waals surface area (Å²) in [5, 5.41) is 14.3. The molecule has 1 fully saturated rings. The summed E-state index contributed by atoms with van der Waals surface area (Å²) >= 11 is 3.47. The lowest BCUT2D eigenvalue weighted by Gasteiger charge is -2.33. The zero-order valence-electron chi connectivity index (χ0n) is 12.6. The first-order valence-electron chi connectivity index (χ1n) is 6.94. The molecule has 0 bridgehead atoms. The molecule has 0 aliphatic carbocycles. The Morgan fingerprint density at radius 1 is 1.43 bits per heavy atom. The van der Waals surface area contributed by atoms with E-state index in [0.29, 0.717) is 29.0 Å². The third-order valence-corrected chi connectivity index (χ3v) is 4.46. The van der Waals surface area contributed by atoms with Crippen LogP contribution in [0.1, 0.15) is 18.9 Å². The van der Waals surface area contributed by atoms with E-state index in [1.165, 1.54) is 0 Å². The third-order valence-electron chi connectivity index (χ3n) is 3.71. The maximum atomic E-state index is 10.9. The highest BCUT2D eigenvalue weighted by atomic mass is 79.9. The molecule has 6 heteroatoms. The van der Waals surface area contributed by atoms with Crippen molar-refractivity contribution in [1.82, 2.24) is 5.32 Å². The number of hydrogen-bond acceptors (Lipinski definition) is 5. The molecule has 0 aromatic heterocycles. The molecule has 1 aliphatic heterocycles. The standard InChI is InChI=1S/C15H22BrNO4/c1-15(18,8-10-9-21-7-6-17-10)11-4-5-12(19-2)13(16)14(11)20-3/h4-5,10,17-18H,6-9H2,1-3H3. The molecule has 0 amide bonds. The molecule has 1 heterocycles. The van der Waals surface area contributed by atoms with Gasteiger partial charge in [-0.15, -0.1) is 0 Å². The number of hydrogen-bond donors (Lipinski definition) is 2. The van der Waals surface area contributed by atoms with Gasteiger partial charge in [-0.05, 0) is 41.4 Å². The number of morpholine rings is 1. The molecule has 1 aliphatic rings. The normalized spacial score (nSPS) is 21.7. The van der Waals surface area contributed by atoms with Crippen molar-refractivity contribution < 1.29 is 19.3 Å². The molecule has 1 aromatic carbocycles. The van der Waals surface area contributed by atoms with Crippen LogP contribution >= 0.6 is 15.9 Å². The molecule has 0 spiro atoms. The van der Waals surface area contributed by atoms with Crippen LogP contribution in [0.3, 0.4) is 0 Å². The van der Waals surface area contributed by atoms with Crippen LogP contribution in [-0.2, 0) is 10.3 Å². The summed E-state index contributed by atoms with van der Waals surface area (Å²) in [5.74, 6) is 1.27.